The van der Waals surface area contributed by atoms with E-state index in [0.717, 1.165) is 38.4 Å². The van der Waals surface area contributed by atoms with Gasteiger partial charge < -0.3 is 15.0 Å². The monoisotopic (exact) mass is 347 g/mol. The summed E-state index contributed by atoms with van der Waals surface area (Å²) in [6, 6.07) is 9.28. The van der Waals surface area contributed by atoms with Crippen LogP contribution in [0.15, 0.2) is 30.3 Å². The average molecular weight is 347 g/mol. The van der Waals surface area contributed by atoms with Gasteiger partial charge in [0.15, 0.2) is 0 Å². The molecule has 0 aromatic heterocycles. The van der Waals surface area contributed by atoms with Gasteiger partial charge in [-0.1, -0.05) is 37.3 Å². The van der Waals surface area contributed by atoms with Crippen LogP contribution in [-0.4, -0.2) is 67.0 Å². The van der Waals surface area contributed by atoms with Crippen molar-refractivity contribution in [2.24, 2.45) is 0 Å². The largest absolute Gasteiger partial charge is 0.379 e. The van der Waals surface area contributed by atoms with E-state index in [1.807, 2.05) is 37.3 Å². The highest BCUT2D eigenvalue weighted by Crippen LogP contribution is 2.10. The van der Waals surface area contributed by atoms with Gasteiger partial charge in [0.1, 0.15) is 6.04 Å². The Morgan fingerprint density at radius 2 is 1.92 bits per heavy atom. The maximum absolute atomic E-state index is 12.5. The van der Waals surface area contributed by atoms with E-state index in [2.05, 4.69) is 10.2 Å². The highest BCUT2D eigenvalue weighted by molar-refractivity contribution is 5.87. The summed E-state index contributed by atoms with van der Waals surface area (Å²) >= 11 is 0. The van der Waals surface area contributed by atoms with Gasteiger partial charge in [0, 0.05) is 39.1 Å². The van der Waals surface area contributed by atoms with Crippen LogP contribution in [0, 0.1) is 0 Å². The number of nitrogens with one attached hydrogen (secondary N) is 1. The van der Waals surface area contributed by atoms with Crippen molar-refractivity contribution in [3.05, 3.63) is 35.9 Å². The van der Waals surface area contributed by atoms with Gasteiger partial charge in [0.25, 0.3) is 0 Å². The number of carbonyl (C=O) groups is 2. The van der Waals surface area contributed by atoms with Crippen LogP contribution in [0.2, 0.25) is 0 Å². The predicted molar refractivity (Wildman–Crippen MR) is 97.0 cm³/mol. The Morgan fingerprint density at radius 3 is 2.56 bits per heavy atom. The summed E-state index contributed by atoms with van der Waals surface area (Å²) in [5, 5.41) is 2.96. The molecule has 0 aliphatic carbocycles. The molecule has 1 aliphatic heterocycles. The molecule has 1 heterocycles. The summed E-state index contributed by atoms with van der Waals surface area (Å²) in [5.74, 6) is -0.120. The molecule has 0 bridgehead atoms. The predicted octanol–water partition coefficient (Wildman–Crippen LogP) is 1.26. The Morgan fingerprint density at radius 1 is 1.24 bits per heavy atom. The molecule has 0 radical (unpaired) electrons. The van der Waals surface area contributed by atoms with Crippen molar-refractivity contribution >= 4 is 11.8 Å². The first-order chi connectivity index (χ1) is 12.1. The molecule has 0 spiro atoms. The molecule has 6 heteroatoms. The van der Waals surface area contributed by atoms with Crippen molar-refractivity contribution in [3.8, 4) is 0 Å². The quantitative estimate of drug-likeness (QED) is 0.769. The fourth-order valence-electron chi connectivity index (χ4n) is 2.88. The van der Waals surface area contributed by atoms with Crippen LogP contribution in [0.5, 0.6) is 0 Å². The summed E-state index contributed by atoms with van der Waals surface area (Å²) in [7, 11) is 0. The second-order valence-electron chi connectivity index (χ2n) is 6.28. The molecule has 2 amide bonds. The third-order valence-corrected chi connectivity index (χ3v) is 4.50. The van der Waals surface area contributed by atoms with Crippen LogP contribution in [0.1, 0.15) is 25.8 Å². The number of carbonyl (C=O) groups excluding carboxylic acids is 2. The summed E-state index contributed by atoms with van der Waals surface area (Å²) in [4.78, 5) is 28.7. The number of rotatable bonds is 8. The lowest BCUT2D eigenvalue weighted by Crippen LogP contribution is -2.49. The van der Waals surface area contributed by atoms with Crippen LogP contribution in [0.25, 0.3) is 0 Å². The Balaban J connectivity index is 1.87. The van der Waals surface area contributed by atoms with Crippen molar-refractivity contribution in [1.82, 2.24) is 15.1 Å². The van der Waals surface area contributed by atoms with E-state index in [1.54, 1.807) is 11.8 Å². The van der Waals surface area contributed by atoms with E-state index in [-0.39, 0.29) is 11.8 Å². The normalized spacial score (nSPS) is 16.2. The molecule has 6 nitrogen and oxygen atoms in total. The third-order valence-electron chi connectivity index (χ3n) is 4.50. The standard InChI is InChI=1S/C19H29N3O3/c1-3-18(23)22(15-17-7-5-4-6-8-17)16(2)19(24)20-9-10-21-11-13-25-14-12-21/h4-8,16H,3,9-15H2,1-2H3,(H,20,24)/t16-/m1/s1. The first kappa shape index (κ1) is 19.4. The zero-order valence-electron chi connectivity index (χ0n) is 15.2. The molecule has 2 rings (SSSR count). The minimum atomic E-state index is -0.489. The second kappa shape index (κ2) is 10.2. The molecular weight excluding hydrogens is 318 g/mol. The van der Waals surface area contributed by atoms with E-state index in [4.69, 9.17) is 4.74 Å². The summed E-state index contributed by atoms with van der Waals surface area (Å²) in [5.41, 5.74) is 1.03. The molecule has 0 saturated carbocycles. The smallest absolute Gasteiger partial charge is 0.242 e. The van der Waals surface area contributed by atoms with Crippen LogP contribution in [-0.2, 0) is 20.9 Å². The lowest BCUT2D eigenvalue weighted by molar-refractivity contribution is -0.140. The summed E-state index contributed by atoms with van der Waals surface area (Å²) in [6.45, 7) is 8.76. The maximum atomic E-state index is 12.5. The lowest BCUT2D eigenvalue weighted by Gasteiger charge is -2.29. The number of amides is 2. The molecule has 1 aliphatic rings. The minimum absolute atomic E-state index is 0.0142. The van der Waals surface area contributed by atoms with E-state index in [1.165, 1.54) is 0 Å². The number of nitrogens with zero attached hydrogens (tertiary/aromatic N) is 2. The topological polar surface area (TPSA) is 61.9 Å². The van der Waals surface area contributed by atoms with E-state index >= 15 is 0 Å². The average Bonchev–Trinajstić information content (AvgIpc) is 2.66. The van der Waals surface area contributed by atoms with Crippen LogP contribution in [0.4, 0.5) is 0 Å². The zero-order chi connectivity index (χ0) is 18.1. The Kier molecular flexibility index (Phi) is 7.88. The van der Waals surface area contributed by atoms with Gasteiger partial charge in [-0.3, -0.25) is 14.5 Å². The number of ether oxygens (including phenoxy) is 1. The first-order valence-electron chi connectivity index (χ1n) is 9.03. The zero-order valence-corrected chi connectivity index (χ0v) is 15.2. The second-order valence-corrected chi connectivity index (χ2v) is 6.28. The molecule has 1 N–H and O–H groups in total. The SMILES string of the molecule is CCC(=O)N(Cc1ccccc1)[C@H](C)C(=O)NCCN1CCOCC1. The minimum Gasteiger partial charge on any atom is -0.379 e. The highest BCUT2D eigenvalue weighted by Gasteiger charge is 2.25. The maximum Gasteiger partial charge on any atom is 0.242 e. The van der Waals surface area contributed by atoms with Crippen molar-refractivity contribution < 1.29 is 14.3 Å². The molecule has 1 atom stereocenters. The molecule has 25 heavy (non-hydrogen) atoms. The number of hydrogen-bond acceptors (Lipinski definition) is 4. The molecular formula is C19H29N3O3. The molecule has 1 aromatic rings. The van der Waals surface area contributed by atoms with Gasteiger partial charge in [0.2, 0.25) is 11.8 Å². The Bertz CT molecular complexity index is 544. The van der Waals surface area contributed by atoms with E-state index in [0.29, 0.717) is 19.5 Å². The molecule has 0 unspecified atom stereocenters. The van der Waals surface area contributed by atoms with Crippen LogP contribution in [0.3, 0.4) is 0 Å². The molecule has 1 aromatic carbocycles. The lowest BCUT2D eigenvalue weighted by atomic mass is 10.1. The van der Waals surface area contributed by atoms with E-state index < -0.39 is 6.04 Å². The van der Waals surface area contributed by atoms with Gasteiger partial charge >= 0.3 is 0 Å². The fourth-order valence-corrected chi connectivity index (χ4v) is 2.88. The third kappa shape index (κ3) is 6.14. The first-order valence-corrected chi connectivity index (χ1v) is 9.03. The molecule has 138 valence electrons. The number of hydrogen-bond donors (Lipinski definition) is 1. The summed E-state index contributed by atoms with van der Waals surface area (Å²) < 4.78 is 5.32. The van der Waals surface area contributed by atoms with Gasteiger partial charge in [0.05, 0.1) is 13.2 Å². The van der Waals surface area contributed by atoms with Crippen molar-refractivity contribution in [3.63, 3.8) is 0 Å². The van der Waals surface area contributed by atoms with Crippen molar-refractivity contribution in [1.29, 1.82) is 0 Å². The van der Waals surface area contributed by atoms with Gasteiger partial charge in [-0.15, -0.1) is 0 Å². The highest BCUT2D eigenvalue weighted by atomic mass is 16.5. The fraction of sp³-hybridized carbons (Fsp3) is 0.579. The molecule has 1 saturated heterocycles. The Hall–Kier alpha value is -1.92. The van der Waals surface area contributed by atoms with Crippen LogP contribution < -0.4 is 5.32 Å². The van der Waals surface area contributed by atoms with Gasteiger partial charge in [-0.25, -0.2) is 0 Å². The van der Waals surface area contributed by atoms with Crippen molar-refractivity contribution in [2.45, 2.75) is 32.9 Å². The molecule has 1 fully saturated rings. The number of benzene rings is 1. The Labute approximate surface area is 150 Å². The number of morpholine rings is 1. The summed E-state index contributed by atoms with van der Waals surface area (Å²) in [6.07, 6.45) is 0.387. The van der Waals surface area contributed by atoms with Gasteiger partial charge in [-0.05, 0) is 12.5 Å². The van der Waals surface area contributed by atoms with Crippen molar-refractivity contribution in [2.75, 3.05) is 39.4 Å². The van der Waals surface area contributed by atoms with Gasteiger partial charge in [-0.2, -0.15) is 0 Å². The van der Waals surface area contributed by atoms with Crippen LogP contribution >= 0.6 is 0 Å². The van der Waals surface area contributed by atoms with E-state index in [9.17, 15) is 9.59 Å².